The summed E-state index contributed by atoms with van der Waals surface area (Å²) in [5, 5.41) is 2.78. The van der Waals surface area contributed by atoms with E-state index in [1.807, 2.05) is 19.0 Å². The van der Waals surface area contributed by atoms with Crippen molar-refractivity contribution in [2.75, 3.05) is 37.7 Å². The Bertz CT molecular complexity index is 556. The van der Waals surface area contributed by atoms with E-state index < -0.39 is 10.0 Å². The maximum absolute atomic E-state index is 11.9. The molecule has 0 saturated heterocycles. The van der Waals surface area contributed by atoms with E-state index in [-0.39, 0.29) is 11.7 Å². The summed E-state index contributed by atoms with van der Waals surface area (Å²) in [6.45, 7) is 2.84. The molecule has 0 aliphatic carbocycles. The number of amides is 1. The first-order valence-electron chi connectivity index (χ1n) is 6.37. The van der Waals surface area contributed by atoms with Gasteiger partial charge in [-0.1, -0.05) is 6.07 Å². The number of carbonyl (C=O) groups is 1. The highest BCUT2D eigenvalue weighted by molar-refractivity contribution is 7.92. The minimum atomic E-state index is -3.33. The summed E-state index contributed by atoms with van der Waals surface area (Å²) in [5.74, 6) is -0.226. The van der Waals surface area contributed by atoms with E-state index in [9.17, 15) is 13.2 Å². The molecule has 0 aliphatic rings. The first kappa shape index (κ1) is 16.5. The molecule has 0 spiro atoms. The van der Waals surface area contributed by atoms with Gasteiger partial charge in [-0.05, 0) is 39.2 Å². The van der Waals surface area contributed by atoms with Crippen molar-refractivity contribution < 1.29 is 13.2 Å². The predicted molar refractivity (Wildman–Crippen MR) is 80.4 cm³/mol. The van der Waals surface area contributed by atoms with Gasteiger partial charge in [0.1, 0.15) is 0 Å². The SMILES string of the molecule is CCS(=O)(=O)Nc1cccc(C(=O)NCCN(C)C)c1. The van der Waals surface area contributed by atoms with Crippen molar-refractivity contribution in [2.45, 2.75) is 6.92 Å². The van der Waals surface area contributed by atoms with Crippen molar-refractivity contribution in [1.29, 1.82) is 0 Å². The Morgan fingerprint density at radius 1 is 1.30 bits per heavy atom. The molecule has 6 nitrogen and oxygen atoms in total. The molecule has 2 N–H and O–H groups in total. The van der Waals surface area contributed by atoms with E-state index in [0.717, 1.165) is 6.54 Å². The first-order valence-corrected chi connectivity index (χ1v) is 8.03. The Morgan fingerprint density at radius 3 is 2.60 bits per heavy atom. The van der Waals surface area contributed by atoms with Crippen LogP contribution in [0.2, 0.25) is 0 Å². The maximum Gasteiger partial charge on any atom is 0.251 e. The Labute approximate surface area is 120 Å². The van der Waals surface area contributed by atoms with Gasteiger partial charge >= 0.3 is 0 Å². The number of rotatable bonds is 7. The van der Waals surface area contributed by atoms with Crippen LogP contribution in [0.25, 0.3) is 0 Å². The molecule has 1 amide bonds. The summed E-state index contributed by atoms with van der Waals surface area (Å²) in [6.07, 6.45) is 0. The van der Waals surface area contributed by atoms with Crippen LogP contribution >= 0.6 is 0 Å². The second kappa shape index (κ2) is 7.25. The van der Waals surface area contributed by atoms with Gasteiger partial charge in [0, 0.05) is 24.3 Å². The number of nitrogens with zero attached hydrogens (tertiary/aromatic N) is 1. The van der Waals surface area contributed by atoms with Crippen LogP contribution in [0.1, 0.15) is 17.3 Å². The molecule has 0 saturated carbocycles. The number of sulfonamides is 1. The van der Waals surface area contributed by atoms with Crippen LogP contribution in [-0.4, -0.2) is 52.2 Å². The van der Waals surface area contributed by atoms with E-state index >= 15 is 0 Å². The summed E-state index contributed by atoms with van der Waals surface area (Å²) < 4.78 is 25.4. The zero-order valence-corrected chi connectivity index (χ0v) is 12.8. The zero-order valence-electron chi connectivity index (χ0n) is 12.0. The number of anilines is 1. The topological polar surface area (TPSA) is 78.5 Å². The van der Waals surface area contributed by atoms with Crippen LogP contribution in [0, 0.1) is 0 Å². The van der Waals surface area contributed by atoms with Gasteiger partial charge in [0.25, 0.3) is 5.91 Å². The molecule has 7 heteroatoms. The largest absolute Gasteiger partial charge is 0.351 e. The van der Waals surface area contributed by atoms with Crippen molar-refractivity contribution in [1.82, 2.24) is 10.2 Å². The number of hydrogen-bond donors (Lipinski definition) is 2. The molecule has 0 bridgehead atoms. The molecule has 0 atom stereocenters. The lowest BCUT2D eigenvalue weighted by Crippen LogP contribution is -2.31. The van der Waals surface area contributed by atoms with Gasteiger partial charge in [0.05, 0.1) is 5.75 Å². The molecule has 0 aromatic heterocycles. The number of hydrogen-bond acceptors (Lipinski definition) is 4. The van der Waals surface area contributed by atoms with Gasteiger partial charge < -0.3 is 10.2 Å². The second-order valence-electron chi connectivity index (χ2n) is 4.65. The molecule has 0 radical (unpaired) electrons. The predicted octanol–water partition coefficient (Wildman–Crippen LogP) is 0.740. The highest BCUT2D eigenvalue weighted by Gasteiger charge is 2.09. The highest BCUT2D eigenvalue weighted by atomic mass is 32.2. The smallest absolute Gasteiger partial charge is 0.251 e. The zero-order chi connectivity index (χ0) is 15.2. The average Bonchev–Trinajstić information content (AvgIpc) is 2.38. The van der Waals surface area contributed by atoms with Crippen molar-refractivity contribution >= 4 is 21.6 Å². The molecule has 20 heavy (non-hydrogen) atoms. The highest BCUT2D eigenvalue weighted by Crippen LogP contribution is 2.12. The summed E-state index contributed by atoms with van der Waals surface area (Å²) >= 11 is 0. The number of likely N-dealkylation sites (N-methyl/N-ethyl adjacent to an activating group) is 1. The lowest BCUT2D eigenvalue weighted by Gasteiger charge is -2.11. The van der Waals surface area contributed by atoms with Crippen LogP contribution in [-0.2, 0) is 10.0 Å². The third-order valence-corrected chi connectivity index (χ3v) is 3.93. The molecule has 1 rings (SSSR count). The van der Waals surface area contributed by atoms with Gasteiger partial charge in [0.2, 0.25) is 10.0 Å². The van der Waals surface area contributed by atoms with Crippen LogP contribution in [0.5, 0.6) is 0 Å². The minimum absolute atomic E-state index is 0.00768. The molecule has 1 aromatic rings. The Kier molecular flexibility index (Phi) is 5.97. The molecule has 0 unspecified atom stereocenters. The van der Waals surface area contributed by atoms with Gasteiger partial charge in [-0.25, -0.2) is 8.42 Å². The quantitative estimate of drug-likeness (QED) is 0.778. The molecular formula is C13H21N3O3S. The Hall–Kier alpha value is -1.60. The minimum Gasteiger partial charge on any atom is -0.351 e. The van der Waals surface area contributed by atoms with Gasteiger partial charge in [-0.3, -0.25) is 9.52 Å². The maximum atomic E-state index is 11.9. The van der Waals surface area contributed by atoms with Gasteiger partial charge in [-0.15, -0.1) is 0 Å². The Morgan fingerprint density at radius 2 is 2.00 bits per heavy atom. The van der Waals surface area contributed by atoms with E-state index in [1.165, 1.54) is 6.07 Å². The fourth-order valence-electron chi connectivity index (χ4n) is 1.47. The summed E-state index contributed by atoms with van der Waals surface area (Å²) in [7, 11) is 0.514. The fraction of sp³-hybridized carbons (Fsp3) is 0.462. The molecule has 1 aromatic carbocycles. The third-order valence-electron chi connectivity index (χ3n) is 2.62. The van der Waals surface area contributed by atoms with Crippen LogP contribution < -0.4 is 10.0 Å². The molecular weight excluding hydrogens is 278 g/mol. The lowest BCUT2D eigenvalue weighted by atomic mass is 10.2. The molecule has 112 valence electrons. The first-order chi connectivity index (χ1) is 9.34. The number of carbonyl (C=O) groups excluding carboxylic acids is 1. The lowest BCUT2D eigenvalue weighted by molar-refractivity contribution is 0.0951. The molecule has 0 heterocycles. The van der Waals surface area contributed by atoms with E-state index in [0.29, 0.717) is 17.8 Å². The number of benzene rings is 1. The fourth-order valence-corrected chi connectivity index (χ4v) is 2.10. The van der Waals surface area contributed by atoms with Crippen molar-refractivity contribution in [2.24, 2.45) is 0 Å². The Balaban J connectivity index is 2.70. The van der Waals surface area contributed by atoms with Crippen molar-refractivity contribution in [3.8, 4) is 0 Å². The molecule has 0 aliphatic heterocycles. The standard InChI is InChI=1S/C13H21N3O3S/c1-4-20(18,19)15-12-7-5-6-11(10-12)13(17)14-8-9-16(2)3/h5-7,10,15H,4,8-9H2,1-3H3,(H,14,17). The third kappa shape index (κ3) is 5.58. The van der Waals surface area contributed by atoms with Crippen LogP contribution in [0.15, 0.2) is 24.3 Å². The summed E-state index contributed by atoms with van der Waals surface area (Å²) in [6, 6.07) is 6.44. The molecule has 0 fully saturated rings. The van der Waals surface area contributed by atoms with Gasteiger partial charge in [0.15, 0.2) is 0 Å². The second-order valence-corrected chi connectivity index (χ2v) is 6.66. The monoisotopic (exact) mass is 299 g/mol. The van der Waals surface area contributed by atoms with Gasteiger partial charge in [-0.2, -0.15) is 0 Å². The average molecular weight is 299 g/mol. The number of nitrogens with one attached hydrogen (secondary N) is 2. The van der Waals surface area contributed by atoms with Crippen molar-refractivity contribution in [3.05, 3.63) is 29.8 Å². The summed E-state index contributed by atoms with van der Waals surface area (Å²) in [5.41, 5.74) is 0.826. The van der Waals surface area contributed by atoms with Crippen LogP contribution in [0.4, 0.5) is 5.69 Å². The van der Waals surface area contributed by atoms with E-state index in [1.54, 1.807) is 25.1 Å². The van der Waals surface area contributed by atoms with Crippen molar-refractivity contribution in [3.63, 3.8) is 0 Å². The van der Waals surface area contributed by atoms with Crippen LogP contribution in [0.3, 0.4) is 0 Å². The summed E-state index contributed by atoms with van der Waals surface area (Å²) in [4.78, 5) is 13.9. The normalized spacial score (nSPS) is 11.4. The van der Waals surface area contributed by atoms with E-state index in [2.05, 4.69) is 10.0 Å². The van der Waals surface area contributed by atoms with E-state index in [4.69, 9.17) is 0 Å².